The molecule has 0 fully saturated rings. The maximum atomic E-state index is 12.2. The van der Waals surface area contributed by atoms with E-state index in [1.807, 2.05) is 32.9 Å². The standard InChI is InChI=1S/C15H24N2O2/c1-4-15(5-2,10-18)9-17-14(19)13-11(3)7-6-8-12(13)16/h6-8,18H,4-5,9-10,16H2,1-3H3,(H,17,19). The van der Waals surface area contributed by atoms with Crippen LogP contribution in [0.3, 0.4) is 0 Å². The van der Waals surface area contributed by atoms with Gasteiger partial charge in [-0.2, -0.15) is 0 Å². The Morgan fingerprint density at radius 1 is 1.37 bits per heavy atom. The Kier molecular flexibility index (Phi) is 5.36. The summed E-state index contributed by atoms with van der Waals surface area (Å²) in [6, 6.07) is 5.42. The Morgan fingerprint density at radius 2 is 2.00 bits per heavy atom. The zero-order chi connectivity index (χ0) is 14.5. The Hall–Kier alpha value is -1.55. The van der Waals surface area contributed by atoms with Crippen LogP contribution in [-0.4, -0.2) is 24.2 Å². The minimum absolute atomic E-state index is 0.0730. The van der Waals surface area contributed by atoms with Crippen LogP contribution in [0.15, 0.2) is 18.2 Å². The van der Waals surface area contributed by atoms with Crippen LogP contribution < -0.4 is 11.1 Å². The predicted molar refractivity (Wildman–Crippen MR) is 78.0 cm³/mol. The van der Waals surface area contributed by atoms with Crippen molar-refractivity contribution in [3.05, 3.63) is 29.3 Å². The maximum absolute atomic E-state index is 12.2. The summed E-state index contributed by atoms with van der Waals surface area (Å²) in [7, 11) is 0. The SMILES string of the molecule is CCC(CC)(CO)CNC(=O)c1c(C)cccc1N. The molecule has 4 N–H and O–H groups in total. The van der Waals surface area contributed by atoms with Crippen molar-refractivity contribution in [2.75, 3.05) is 18.9 Å². The van der Waals surface area contributed by atoms with Gasteiger partial charge in [0.05, 0.1) is 12.2 Å². The van der Waals surface area contributed by atoms with E-state index in [0.29, 0.717) is 17.8 Å². The first kappa shape index (κ1) is 15.5. The molecule has 0 aliphatic carbocycles. The summed E-state index contributed by atoms with van der Waals surface area (Å²) >= 11 is 0. The maximum Gasteiger partial charge on any atom is 0.253 e. The number of rotatable bonds is 6. The van der Waals surface area contributed by atoms with Crippen LogP contribution in [0.4, 0.5) is 5.69 Å². The summed E-state index contributed by atoms with van der Waals surface area (Å²) in [5.74, 6) is -0.171. The second-order valence-electron chi connectivity index (χ2n) is 5.09. The molecule has 106 valence electrons. The van der Waals surface area contributed by atoms with Gasteiger partial charge in [-0.15, -0.1) is 0 Å². The van der Waals surface area contributed by atoms with Gasteiger partial charge >= 0.3 is 0 Å². The van der Waals surface area contributed by atoms with Gasteiger partial charge in [0.25, 0.3) is 5.91 Å². The molecule has 1 rings (SSSR count). The minimum Gasteiger partial charge on any atom is -0.398 e. The summed E-state index contributed by atoms with van der Waals surface area (Å²) in [5, 5.41) is 12.4. The summed E-state index contributed by atoms with van der Waals surface area (Å²) in [6.45, 7) is 6.44. The molecule has 19 heavy (non-hydrogen) atoms. The van der Waals surface area contributed by atoms with E-state index in [2.05, 4.69) is 5.32 Å². The highest BCUT2D eigenvalue weighted by Crippen LogP contribution is 2.25. The van der Waals surface area contributed by atoms with Crippen molar-refractivity contribution < 1.29 is 9.90 Å². The summed E-state index contributed by atoms with van der Waals surface area (Å²) in [4.78, 5) is 12.2. The number of nitrogens with two attached hydrogens (primary N) is 1. The number of anilines is 1. The number of carbonyl (C=O) groups is 1. The van der Waals surface area contributed by atoms with Gasteiger partial charge in [-0.05, 0) is 31.4 Å². The van der Waals surface area contributed by atoms with Crippen molar-refractivity contribution in [1.82, 2.24) is 5.32 Å². The molecule has 0 saturated heterocycles. The van der Waals surface area contributed by atoms with Crippen LogP contribution in [0.5, 0.6) is 0 Å². The summed E-state index contributed by atoms with van der Waals surface area (Å²) < 4.78 is 0. The lowest BCUT2D eigenvalue weighted by Gasteiger charge is -2.29. The number of carbonyl (C=O) groups excluding carboxylic acids is 1. The zero-order valence-electron chi connectivity index (χ0n) is 12.0. The molecule has 0 saturated carbocycles. The fraction of sp³-hybridized carbons (Fsp3) is 0.533. The van der Waals surface area contributed by atoms with Crippen molar-refractivity contribution in [1.29, 1.82) is 0 Å². The van der Waals surface area contributed by atoms with Gasteiger partial charge < -0.3 is 16.2 Å². The molecule has 0 unspecified atom stereocenters. The lowest BCUT2D eigenvalue weighted by Crippen LogP contribution is -2.39. The summed E-state index contributed by atoms with van der Waals surface area (Å²) in [6.07, 6.45) is 1.65. The molecule has 0 aliphatic heterocycles. The Morgan fingerprint density at radius 3 is 2.47 bits per heavy atom. The molecule has 0 radical (unpaired) electrons. The van der Waals surface area contributed by atoms with Crippen LogP contribution >= 0.6 is 0 Å². The molecule has 4 nitrogen and oxygen atoms in total. The largest absolute Gasteiger partial charge is 0.398 e. The fourth-order valence-electron chi connectivity index (χ4n) is 2.14. The van der Waals surface area contributed by atoms with Gasteiger partial charge in [-0.3, -0.25) is 4.79 Å². The minimum atomic E-state index is -0.243. The van der Waals surface area contributed by atoms with Gasteiger partial charge in [-0.1, -0.05) is 26.0 Å². The van der Waals surface area contributed by atoms with E-state index in [4.69, 9.17) is 5.73 Å². The Bertz CT molecular complexity index is 411. The van der Waals surface area contributed by atoms with Crippen molar-refractivity contribution in [3.63, 3.8) is 0 Å². The molecule has 0 spiro atoms. The number of hydrogen-bond donors (Lipinski definition) is 3. The van der Waals surface area contributed by atoms with Crippen molar-refractivity contribution in [2.24, 2.45) is 5.41 Å². The number of nitrogen functional groups attached to an aromatic ring is 1. The molecule has 0 bridgehead atoms. The van der Waals surface area contributed by atoms with Crippen molar-refractivity contribution in [2.45, 2.75) is 33.6 Å². The number of hydrogen-bond acceptors (Lipinski definition) is 3. The normalized spacial score (nSPS) is 11.4. The van der Waals surface area contributed by atoms with Crippen LogP contribution in [0.25, 0.3) is 0 Å². The lowest BCUT2D eigenvalue weighted by molar-refractivity contribution is 0.0851. The third-order valence-electron chi connectivity index (χ3n) is 3.99. The number of aliphatic hydroxyl groups excluding tert-OH is 1. The highest BCUT2D eigenvalue weighted by atomic mass is 16.3. The molecule has 4 heteroatoms. The second-order valence-corrected chi connectivity index (χ2v) is 5.09. The molecule has 1 aromatic rings. The highest BCUT2D eigenvalue weighted by molar-refractivity contribution is 6.00. The molecular weight excluding hydrogens is 240 g/mol. The van der Waals surface area contributed by atoms with E-state index in [1.54, 1.807) is 6.07 Å². The van der Waals surface area contributed by atoms with E-state index in [1.165, 1.54) is 0 Å². The van der Waals surface area contributed by atoms with Gasteiger partial charge in [0.15, 0.2) is 0 Å². The third kappa shape index (κ3) is 3.47. The highest BCUT2D eigenvalue weighted by Gasteiger charge is 2.26. The number of benzene rings is 1. The lowest BCUT2D eigenvalue weighted by atomic mass is 9.83. The number of aliphatic hydroxyl groups is 1. The van der Waals surface area contributed by atoms with Gasteiger partial charge in [0.1, 0.15) is 0 Å². The molecular formula is C15H24N2O2. The first-order valence-electron chi connectivity index (χ1n) is 6.74. The number of nitrogens with one attached hydrogen (secondary N) is 1. The molecule has 1 amide bonds. The van der Waals surface area contributed by atoms with Gasteiger partial charge in [-0.25, -0.2) is 0 Å². The average molecular weight is 264 g/mol. The Labute approximate surface area is 115 Å². The topological polar surface area (TPSA) is 75.3 Å². The van der Waals surface area contributed by atoms with Crippen LogP contribution in [0.1, 0.15) is 42.6 Å². The van der Waals surface area contributed by atoms with E-state index < -0.39 is 0 Å². The quantitative estimate of drug-likeness (QED) is 0.689. The first-order valence-corrected chi connectivity index (χ1v) is 6.74. The molecule has 0 heterocycles. The van der Waals surface area contributed by atoms with Crippen LogP contribution in [0, 0.1) is 12.3 Å². The molecule has 1 aromatic carbocycles. The zero-order valence-corrected chi connectivity index (χ0v) is 12.0. The fourth-order valence-corrected chi connectivity index (χ4v) is 2.14. The van der Waals surface area contributed by atoms with Crippen molar-refractivity contribution >= 4 is 11.6 Å². The molecule has 0 aliphatic rings. The summed E-state index contributed by atoms with van der Waals surface area (Å²) in [5.41, 5.74) is 7.48. The van der Waals surface area contributed by atoms with Gasteiger partial charge in [0, 0.05) is 17.6 Å². The predicted octanol–water partition coefficient (Wildman–Crippen LogP) is 2.11. The monoisotopic (exact) mass is 264 g/mol. The third-order valence-corrected chi connectivity index (χ3v) is 3.99. The average Bonchev–Trinajstić information content (AvgIpc) is 2.41. The van der Waals surface area contributed by atoms with E-state index >= 15 is 0 Å². The van der Waals surface area contributed by atoms with Crippen LogP contribution in [0.2, 0.25) is 0 Å². The first-order chi connectivity index (χ1) is 8.99. The van der Waals surface area contributed by atoms with Crippen LogP contribution in [-0.2, 0) is 0 Å². The van der Waals surface area contributed by atoms with E-state index in [9.17, 15) is 9.90 Å². The number of aryl methyl sites for hydroxylation is 1. The van der Waals surface area contributed by atoms with E-state index in [-0.39, 0.29) is 17.9 Å². The van der Waals surface area contributed by atoms with Crippen molar-refractivity contribution in [3.8, 4) is 0 Å². The molecule has 0 atom stereocenters. The van der Waals surface area contributed by atoms with Gasteiger partial charge in [0.2, 0.25) is 0 Å². The Balaban J connectivity index is 2.81. The smallest absolute Gasteiger partial charge is 0.253 e. The van der Waals surface area contributed by atoms with E-state index in [0.717, 1.165) is 18.4 Å². The second kappa shape index (κ2) is 6.57. The molecule has 0 aromatic heterocycles. The number of amides is 1.